The second-order valence-corrected chi connectivity index (χ2v) is 4.19. The third-order valence-electron chi connectivity index (χ3n) is 2.06. The van der Waals surface area contributed by atoms with Gasteiger partial charge in [0, 0.05) is 25.2 Å². The summed E-state index contributed by atoms with van der Waals surface area (Å²) in [5.74, 6) is 0.908. The van der Waals surface area contributed by atoms with E-state index in [9.17, 15) is 0 Å². The molecule has 1 unspecified atom stereocenters. The van der Waals surface area contributed by atoms with E-state index in [1.54, 1.807) is 18.0 Å². The van der Waals surface area contributed by atoms with Crippen molar-refractivity contribution in [2.24, 2.45) is 7.05 Å². The number of imidazole rings is 1. The average molecular weight is 214 g/mol. The van der Waals surface area contributed by atoms with Gasteiger partial charge in [-0.15, -0.1) is 0 Å². The van der Waals surface area contributed by atoms with E-state index in [4.69, 9.17) is 9.47 Å². The summed E-state index contributed by atoms with van der Waals surface area (Å²) < 4.78 is 12.9. The number of ether oxygens (including phenoxy) is 2. The number of nitrogens with zero attached hydrogens (tertiary/aromatic N) is 2. The molecule has 1 aliphatic rings. The second-order valence-electron chi connectivity index (χ2n) is 3.20. The minimum Gasteiger partial charge on any atom is -0.376 e. The fraction of sp³-hybridized carbons (Fsp3) is 0.667. The van der Waals surface area contributed by atoms with Crippen molar-refractivity contribution in [3.8, 4) is 0 Å². The maximum Gasteiger partial charge on any atom is 0.167 e. The highest BCUT2D eigenvalue weighted by molar-refractivity contribution is 7.99. The van der Waals surface area contributed by atoms with Gasteiger partial charge in [-0.1, -0.05) is 11.8 Å². The first kappa shape index (κ1) is 10.0. The summed E-state index contributed by atoms with van der Waals surface area (Å²) in [6, 6.07) is 0. The van der Waals surface area contributed by atoms with E-state index in [-0.39, 0.29) is 6.10 Å². The molecule has 2 rings (SSSR count). The van der Waals surface area contributed by atoms with Gasteiger partial charge in [0.1, 0.15) is 0 Å². The van der Waals surface area contributed by atoms with E-state index in [2.05, 4.69) is 4.98 Å². The summed E-state index contributed by atoms with van der Waals surface area (Å²) in [6.07, 6.45) is 3.96. The molecule has 1 aromatic heterocycles. The monoisotopic (exact) mass is 214 g/mol. The summed E-state index contributed by atoms with van der Waals surface area (Å²) in [5.41, 5.74) is 0. The van der Waals surface area contributed by atoms with Crippen molar-refractivity contribution in [2.75, 3.05) is 25.6 Å². The Morgan fingerprint density at radius 1 is 1.64 bits per heavy atom. The highest BCUT2D eigenvalue weighted by Gasteiger charge is 2.15. The Kier molecular flexibility index (Phi) is 3.44. The number of hydrogen-bond donors (Lipinski definition) is 0. The Morgan fingerprint density at radius 2 is 2.57 bits per heavy atom. The Bertz CT molecular complexity index is 284. The molecule has 1 atom stereocenters. The molecule has 5 heteroatoms. The average Bonchev–Trinajstić information content (AvgIpc) is 2.63. The first-order valence-electron chi connectivity index (χ1n) is 4.66. The summed E-state index contributed by atoms with van der Waals surface area (Å²) >= 11 is 1.71. The van der Waals surface area contributed by atoms with Crippen LogP contribution in [0.15, 0.2) is 17.6 Å². The van der Waals surface area contributed by atoms with Gasteiger partial charge in [0.2, 0.25) is 0 Å². The third kappa shape index (κ3) is 2.50. The van der Waals surface area contributed by atoms with Crippen LogP contribution >= 0.6 is 11.8 Å². The molecule has 1 fully saturated rings. The lowest BCUT2D eigenvalue weighted by Crippen LogP contribution is -2.30. The van der Waals surface area contributed by atoms with E-state index in [0.717, 1.165) is 17.5 Å². The molecule has 0 bridgehead atoms. The van der Waals surface area contributed by atoms with E-state index in [1.807, 2.05) is 17.8 Å². The van der Waals surface area contributed by atoms with Gasteiger partial charge in [0.25, 0.3) is 0 Å². The van der Waals surface area contributed by atoms with Crippen LogP contribution in [0, 0.1) is 0 Å². The number of aromatic nitrogens is 2. The fourth-order valence-electron chi connectivity index (χ4n) is 1.29. The normalized spacial score (nSPS) is 22.5. The van der Waals surface area contributed by atoms with E-state index >= 15 is 0 Å². The minimum absolute atomic E-state index is 0.213. The fourth-order valence-corrected chi connectivity index (χ4v) is 2.22. The highest BCUT2D eigenvalue weighted by Crippen LogP contribution is 2.17. The number of thioether (sulfide) groups is 1. The number of hydrogen-bond acceptors (Lipinski definition) is 4. The molecule has 4 nitrogen and oxygen atoms in total. The lowest BCUT2D eigenvalue weighted by atomic mass is 10.4. The van der Waals surface area contributed by atoms with Gasteiger partial charge in [-0.2, -0.15) is 0 Å². The van der Waals surface area contributed by atoms with Gasteiger partial charge in [-0.3, -0.25) is 0 Å². The van der Waals surface area contributed by atoms with Crippen LogP contribution in [0.4, 0.5) is 0 Å². The van der Waals surface area contributed by atoms with Crippen molar-refractivity contribution >= 4 is 11.8 Å². The topological polar surface area (TPSA) is 36.3 Å². The van der Waals surface area contributed by atoms with Crippen molar-refractivity contribution in [3.63, 3.8) is 0 Å². The molecule has 78 valence electrons. The molecule has 2 heterocycles. The summed E-state index contributed by atoms with van der Waals surface area (Å²) in [5, 5.41) is 1.03. The Morgan fingerprint density at radius 3 is 3.21 bits per heavy atom. The molecule has 1 saturated heterocycles. The number of rotatable bonds is 3. The zero-order valence-electron chi connectivity index (χ0n) is 8.18. The molecule has 0 saturated carbocycles. The van der Waals surface area contributed by atoms with Gasteiger partial charge in [0.15, 0.2) is 5.16 Å². The standard InChI is InChI=1S/C9H14N2O2S/c1-11-3-2-10-9(11)14-7-8-6-12-4-5-13-8/h2-3,8H,4-7H2,1H3. The molecule has 1 aromatic rings. The van der Waals surface area contributed by atoms with Crippen molar-refractivity contribution in [1.29, 1.82) is 0 Å². The Labute approximate surface area is 87.6 Å². The van der Waals surface area contributed by atoms with E-state index in [1.165, 1.54) is 0 Å². The van der Waals surface area contributed by atoms with Crippen molar-refractivity contribution < 1.29 is 9.47 Å². The quantitative estimate of drug-likeness (QED) is 0.701. The molecule has 0 spiro atoms. The van der Waals surface area contributed by atoms with Crippen LogP contribution in [0.25, 0.3) is 0 Å². The minimum atomic E-state index is 0.213. The first-order chi connectivity index (χ1) is 6.86. The Hall–Kier alpha value is -0.520. The maximum absolute atomic E-state index is 5.53. The first-order valence-corrected chi connectivity index (χ1v) is 5.64. The van der Waals surface area contributed by atoms with Crippen LogP contribution in [-0.4, -0.2) is 41.2 Å². The van der Waals surface area contributed by atoms with E-state index < -0.39 is 0 Å². The van der Waals surface area contributed by atoms with Crippen LogP contribution in [0.3, 0.4) is 0 Å². The zero-order chi connectivity index (χ0) is 9.80. The van der Waals surface area contributed by atoms with Gasteiger partial charge >= 0.3 is 0 Å². The van der Waals surface area contributed by atoms with Gasteiger partial charge in [-0.05, 0) is 0 Å². The van der Waals surface area contributed by atoms with Crippen LogP contribution in [-0.2, 0) is 16.5 Å². The predicted octanol–water partition coefficient (Wildman–Crippen LogP) is 0.928. The summed E-state index contributed by atoms with van der Waals surface area (Å²) in [6.45, 7) is 2.15. The smallest absolute Gasteiger partial charge is 0.167 e. The maximum atomic E-state index is 5.53. The zero-order valence-corrected chi connectivity index (χ0v) is 9.00. The molecule has 0 amide bonds. The molecule has 0 N–H and O–H groups in total. The van der Waals surface area contributed by atoms with Gasteiger partial charge < -0.3 is 14.0 Å². The largest absolute Gasteiger partial charge is 0.376 e. The second kappa shape index (κ2) is 4.82. The molecular formula is C9H14N2O2S. The van der Waals surface area contributed by atoms with Crippen LogP contribution < -0.4 is 0 Å². The lowest BCUT2D eigenvalue weighted by Gasteiger charge is -2.22. The lowest BCUT2D eigenvalue weighted by molar-refractivity contribution is -0.0776. The van der Waals surface area contributed by atoms with Crippen molar-refractivity contribution in [2.45, 2.75) is 11.3 Å². The van der Waals surface area contributed by atoms with Crippen LogP contribution in [0.5, 0.6) is 0 Å². The van der Waals surface area contributed by atoms with Gasteiger partial charge in [0.05, 0.1) is 25.9 Å². The summed E-state index contributed by atoms with van der Waals surface area (Å²) in [7, 11) is 1.99. The van der Waals surface area contributed by atoms with Crippen molar-refractivity contribution in [3.05, 3.63) is 12.4 Å². The molecular weight excluding hydrogens is 200 g/mol. The SMILES string of the molecule is Cn1ccnc1SCC1COCCO1. The third-order valence-corrected chi connectivity index (χ3v) is 3.25. The van der Waals surface area contributed by atoms with E-state index in [0.29, 0.717) is 13.2 Å². The van der Waals surface area contributed by atoms with Crippen LogP contribution in [0.1, 0.15) is 0 Å². The van der Waals surface area contributed by atoms with Crippen LogP contribution in [0.2, 0.25) is 0 Å². The summed E-state index contributed by atoms with van der Waals surface area (Å²) in [4.78, 5) is 4.23. The van der Waals surface area contributed by atoms with Crippen molar-refractivity contribution in [1.82, 2.24) is 9.55 Å². The number of aryl methyl sites for hydroxylation is 1. The molecule has 1 aliphatic heterocycles. The molecule has 0 aromatic carbocycles. The molecule has 0 radical (unpaired) electrons. The molecule has 0 aliphatic carbocycles. The predicted molar refractivity (Wildman–Crippen MR) is 54.5 cm³/mol. The Balaban J connectivity index is 1.79. The molecule has 14 heavy (non-hydrogen) atoms. The van der Waals surface area contributed by atoms with Gasteiger partial charge in [-0.25, -0.2) is 4.98 Å². The highest BCUT2D eigenvalue weighted by atomic mass is 32.2.